The summed E-state index contributed by atoms with van der Waals surface area (Å²) < 4.78 is 15.6. The molecule has 0 heterocycles. The zero-order chi connectivity index (χ0) is 20.4. The maximum Gasteiger partial charge on any atom is 0.315 e. The van der Waals surface area contributed by atoms with Crippen molar-refractivity contribution in [2.24, 2.45) is 22.7 Å². The number of ketones is 1. The van der Waals surface area contributed by atoms with Crippen molar-refractivity contribution in [1.82, 2.24) is 0 Å². The van der Waals surface area contributed by atoms with E-state index < -0.39 is 40.8 Å². The van der Waals surface area contributed by atoms with E-state index in [0.29, 0.717) is 19.3 Å². The van der Waals surface area contributed by atoms with Crippen LogP contribution in [0.3, 0.4) is 0 Å². The Bertz CT molecular complexity index is 628. The predicted octanol–water partition coefficient (Wildman–Crippen LogP) is 2.45. The second-order valence-corrected chi connectivity index (χ2v) is 8.04. The summed E-state index contributed by atoms with van der Waals surface area (Å²) >= 11 is 0. The SMILES string of the molecule is CCOC(=O)[C@@]1(C)[C@@H](OC(C)=O)CC[C@@]2(C)[C@H]1CCC(=O)[C@@H]2CC(=O)OC. The molecular formula is C20H30O7. The van der Waals surface area contributed by atoms with Crippen LogP contribution in [-0.4, -0.2) is 43.5 Å². The van der Waals surface area contributed by atoms with Crippen molar-refractivity contribution < 1.29 is 33.4 Å². The van der Waals surface area contributed by atoms with Crippen molar-refractivity contribution in [2.75, 3.05) is 13.7 Å². The zero-order valence-electron chi connectivity index (χ0n) is 16.8. The van der Waals surface area contributed by atoms with Crippen LogP contribution in [0.2, 0.25) is 0 Å². The molecule has 0 aromatic heterocycles. The van der Waals surface area contributed by atoms with E-state index in [2.05, 4.69) is 0 Å². The summed E-state index contributed by atoms with van der Waals surface area (Å²) in [6.45, 7) is 7.00. The minimum absolute atomic E-state index is 0.000525. The van der Waals surface area contributed by atoms with Gasteiger partial charge in [0.15, 0.2) is 0 Å². The third kappa shape index (κ3) is 3.73. The Morgan fingerprint density at radius 1 is 1.19 bits per heavy atom. The van der Waals surface area contributed by atoms with E-state index in [-0.39, 0.29) is 31.1 Å². The number of Topliss-reactive ketones (excluding diaryl/α,β-unsaturated/α-hetero) is 1. The normalized spacial score (nSPS) is 35.7. The number of hydrogen-bond acceptors (Lipinski definition) is 7. The molecule has 0 radical (unpaired) electrons. The lowest BCUT2D eigenvalue weighted by molar-refractivity contribution is -0.202. The Labute approximate surface area is 160 Å². The Morgan fingerprint density at radius 3 is 2.41 bits per heavy atom. The van der Waals surface area contributed by atoms with Crippen LogP contribution in [0.1, 0.15) is 59.8 Å². The number of methoxy groups -OCH3 is 1. The molecule has 2 rings (SSSR count). The number of rotatable bonds is 5. The van der Waals surface area contributed by atoms with Crippen LogP contribution in [0.25, 0.3) is 0 Å². The molecular weight excluding hydrogens is 352 g/mol. The first-order valence-electron chi connectivity index (χ1n) is 9.55. The highest BCUT2D eigenvalue weighted by Crippen LogP contribution is 2.60. The minimum Gasteiger partial charge on any atom is -0.469 e. The second kappa shape index (κ2) is 7.98. The Morgan fingerprint density at radius 2 is 1.85 bits per heavy atom. The summed E-state index contributed by atoms with van der Waals surface area (Å²) in [4.78, 5) is 49.2. The lowest BCUT2D eigenvalue weighted by Gasteiger charge is -2.58. The van der Waals surface area contributed by atoms with Crippen LogP contribution >= 0.6 is 0 Å². The van der Waals surface area contributed by atoms with E-state index >= 15 is 0 Å². The molecule has 2 fully saturated rings. The fourth-order valence-corrected chi connectivity index (χ4v) is 5.24. The molecule has 152 valence electrons. The van der Waals surface area contributed by atoms with Crippen molar-refractivity contribution in [3.8, 4) is 0 Å². The molecule has 2 aliphatic rings. The number of carbonyl (C=O) groups is 4. The number of esters is 3. The molecule has 0 bridgehead atoms. The first-order chi connectivity index (χ1) is 12.6. The van der Waals surface area contributed by atoms with Gasteiger partial charge < -0.3 is 14.2 Å². The van der Waals surface area contributed by atoms with Gasteiger partial charge in [-0.15, -0.1) is 0 Å². The van der Waals surface area contributed by atoms with Gasteiger partial charge >= 0.3 is 17.9 Å². The zero-order valence-corrected chi connectivity index (χ0v) is 16.8. The lowest BCUT2D eigenvalue weighted by atomic mass is 9.46. The maximum absolute atomic E-state index is 13.0. The van der Waals surface area contributed by atoms with E-state index in [1.165, 1.54) is 14.0 Å². The number of hydrogen-bond donors (Lipinski definition) is 0. The molecule has 0 spiro atoms. The summed E-state index contributed by atoms with van der Waals surface area (Å²) in [6.07, 6.45) is 1.19. The van der Waals surface area contributed by atoms with Crippen LogP contribution in [0.4, 0.5) is 0 Å². The van der Waals surface area contributed by atoms with Gasteiger partial charge in [0, 0.05) is 19.3 Å². The van der Waals surface area contributed by atoms with Crippen molar-refractivity contribution >= 4 is 23.7 Å². The largest absolute Gasteiger partial charge is 0.469 e. The first kappa shape index (κ1) is 21.4. The van der Waals surface area contributed by atoms with E-state index in [0.717, 1.165) is 0 Å². The molecule has 0 aromatic carbocycles. The molecule has 0 amide bonds. The van der Waals surface area contributed by atoms with E-state index in [4.69, 9.17) is 14.2 Å². The summed E-state index contributed by atoms with van der Waals surface area (Å²) in [5.74, 6) is -2.04. The number of fused-ring (bicyclic) bond motifs is 1. The molecule has 0 N–H and O–H groups in total. The Balaban J connectivity index is 2.47. The average Bonchev–Trinajstić information content (AvgIpc) is 2.60. The highest BCUT2D eigenvalue weighted by Gasteiger charge is 2.64. The summed E-state index contributed by atoms with van der Waals surface area (Å²) in [7, 11) is 1.30. The minimum atomic E-state index is -1.07. The monoisotopic (exact) mass is 382 g/mol. The lowest BCUT2D eigenvalue weighted by Crippen LogP contribution is -2.61. The third-order valence-electron chi connectivity index (χ3n) is 6.62. The summed E-state index contributed by atoms with van der Waals surface area (Å²) in [6, 6.07) is 0. The summed E-state index contributed by atoms with van der Waals surface area (Å²) in [5.41, 5.74) is -1.63. The van der Waals surface area contributed by atoms with Crippen LogP contribution in [0.5, 0.6) is 0 Å². The molecule has 0 unspecified atom stereocenters. The summed E-state index contributed by atoms with van der Waals surface area (Å²) in [5, 5.41) is 0. The van der Waals surface area contributed by atoms with Crippen LogP contribution in [0.15, 0.2) is 0 Å². The van der Waals surface area contributed by atoms with Gasteiger partial charge in [0.25, 0.3) is 0 Å². The van der Waals surface area contributed by atoms with Gasteiger partial charge in [0.05, 0.1) is 20.1 Å². The average molecular weight is 382 g/mol. The Hall–Kier alpha value is -1.92. The van der Waals surface area contributed by atoms with Crippen molar-refractivity contribution in [3.05, 3.63) is 0 Å². The van der Waals surface area contributed by atoms with Gasteiger partial charge in [-0.2, -0.15) is 0 Å². The van der Waals surface area contributed by atoms with Gasteiger partial charge in [0.1, 0.15) is 17.3 Å². The van der Waals surface area contributed by atoms with Crippen LogP contribution in [-0.2, 0) is 33.4 Å². The standard InChI is InChI=1S/C20H30O7/c1-6-26-18(24)20(4)15-8-7-14(22)13(11-17(23)25-5)19(15,3)10-9-16(20)27-12(2)21/h13,15-16H,6-11H2,1-5H3/t13-,15+,16-,19+,20+/m0/s1. The smallest absolute Gasteiger partial charge is 0.315 e. The van der Waals surface area contributed by atoms with E-state index in [9.17, 15) is 19.2 Å². The molecule has 5 atom stereocenters. The molecule has 7 nitrogen and oxygen atoms in total. The molecule has 27 heavy (non-hydrogen) atoms. The van der Waals surface area contributed by atoms with Gasteiger partial charge in [-0.3, -0.25) is 19.2 Å². The van der Waals surface area contributed by atoms with Gasteiger partial charge in [0.2, 0.25) is 0 Å². The number of carbonyl (C=O) groups excluding carboxylic acids is 4. The van der Waals surface area contributed by atoms with Gasteiger partial charge in [-0.1, -0.05) is 6.92 Å². The second-order valence-electron chi connectivity index (χ2n) is 8.04. The van der Waals surface area contributed by atoms with Gasteiger partial charge in [-0.25, -0.2) is 0 Å². The highest BCUT2D eigenvalue weighted by atomic mass is 16.6. The highest BCUT2D eigenvalue weighted by molar-refractivity contribution is 5.88. The quantitative estimate of drug-likeness (QED) is 0.532. The maximum atomic E-state index is 13.0. The fraction of sp³-hybridized carbons (Fsp3) is 0.800. The molecule has 7 heteroatoms. The molecule has 0 aliphatic heterocycles. The van der Waals surface area contributed by atoms with E-state index in [1.54, 1.807) is 13.8 Å². The predicted molar refractivity (Wildman–Crippen MR) is 95.5 cm³/mol. The van der Waals surface area contributed by atoms with Crippen molar-refractivity contribution in [3.63, 3.8) is 0 Å². The molecule has 2 saturated carbocycles. The van der Waals surface area contributed by atoms with Crippen LogP contribution in [0, 0.1) is 22.7 Å². The number of ether oxygens (including phenoxy) is 3. The van der Waals surface area contributed by atoms with Crippen LogP contribution < -0.4 is 0 Å². The molecule has 0 aromatic rings. The topological polar surface area (TPSA) is 96.0 Å². The van der Waals surface area contributed by atoms with Gasteiger partial charge in [-0.05, 0) is 44.4 Å². The first-order valence-corrected chi connectivity index (χ1v) is 9.55. The fourth-order valence-electron chi connectivity index (χ4n) is 5.24. The van der Waals surface area contributed by atoms with E-state index in [1.807, 2.05) is 6.92 Å². The van der Waals surface area contributed by atoms with Crippen molar-refractivity contribution in [2.45, 2.75) is 65.9 Å². The molecule has 0 saturated heterocycles. The Kier molecular flexibility index (Phi) is 6.32. The van der Waals surface area contributed by atoms with Crippen molar-refractivity contribution in [1.29, 1.82) is 0 Å². The third-order valence-corrected chi connectivity index (χ3v) is 6.62. The molecule has 2 aliphatic carbocycles.